The van der Waals surface area contributed by atoms with Crippen molar-refractivity contribution >= 4 is 0 Å². The van der Waals surface area contributed by atoms with Crippen molar-refractivity contribution in [1.29, 1.82) is 0 Å². The molecule has 1 heterocycles. The van der Waals surface area contributed by atoms with E-state index in [0.29, 0.717) is 0 Å². The van der Waals surface area contributed by atoms with E-state index >= 15 is 0 Å². The third-order valence-corrected chi connectivity index (χ3v) is 4.83. The van der Waals surface area contributed by atoms with Crippen molar-refractivity contribution in [3.8, 4) is 5.75 Å². The summed E-state index contributed by atoms with van der Waals surface area (Å²) in [6, 6.07) is 16.8. The molecular formula is C19H24N2O. The molecular weight excluding hydrogens is 272 g/mol. The van der Waals surface area contributed by atoms with Gasteiger partial charge in [0.2, 0.25) is 0 Å². The average molecular weight is 296 g/mol. The van der Waals surface area contributed by atoms with E-state index in [9.17, 15) is 0 Å². The number of rotatable bonds is 4. The van der Waals surface area contributed by atoms with Crippen LogP contribution in [-0.2, 0) is 18.5 Å². The molecule has 2 N–H and O–H groups in total. The van der Waals surface area contributed by atoms with Gasteiger partial charge in [0.1, 0.15) is 5.75 Å². The Labute approximate surface area is 132 Å². The van der Waals surface area contributed by atoms with Crippen LogP contribution in [0.15, 0.2) is 48.5 Å². The Balaban J connectivity index is 1.80. The van der Waals surface area contributed by atoms with E-state index in [1.807, 2.05) is 12.1 Å². The molecule has 2 aromatic rings. The maximum atomic E-state index is 6.63. The number of fused-ring (bicyclic) bond motifs is 1. The van der Waals surface area contributed by atoms with Crippen LogP contribution in [0, 0.1) is 0 Å². The van der Waals surface area contributed by atoms with Gasteiger partial charge in [-0.05, 0) is 28.8 Å². The highest BCUT2D eigenvalue weighted by Gasteiger charge is 2.35. The average Bonchev–Trinajstić information content (AvgIpc) is 2.98. The summed E-state index contributed by atoms with van der Waals surface area (Å²) < 4.78 is 5.24. The third kappa shape index (κ3) is 2.62. The molecule has 0 saturated heterocycles. The van der Waals surface area contributed by atoms with E-state index < -0.39 is 0 Å². The van der Waals surface area contributed by atoms with Crippen molar-refractivity contribution < 1.29 is 4.74 Å². The molecule has 0 aliphatic carbocycles. The molecule has 3 heteroatoms. The number of nitrogens with zero attached hydrogens (tertiary/aromatic N) is 1. The van der Waals surface area contributed by atoms with Crippen LogP contribution >= 0.6 is 0 Å². The van der Waals surface area contributed by atoms with Crippen molar-refractivity contribution in [2.24, 2.45) is 5.73 Å². The molecule has 0 radical (unpaired) electrons. The Kier molecular flexibility index (Phi) is 3.94. The molecule has 0 spiro atoms. The summed E-state index contributed by atoms with van der Waals surface area (Å²) in [6.45, 7) is 6.28. The number of hydrogen-bond donors (Lipinski definition) is 1. The summed E-state index contributed by atoms with van der Waals surface area (Å²) in [7, 11) is 1.69. The van der Waals surface area contributed by atoms with Gasteiger partial charge in [-0.2, -0.15) is 0 Å². The highest BCUT2D eigenvalue weighted by molar-refractivity contribution is 5.34. The molecule has 22 heavy (non-hydrogen) atoms. The van der Waals surface area contributed by atoms with E-state index in [4.69, 9.17) is 10.5 Å². The zero-order valence-electron chi connectivity index (χ0n) is 13.5. The molecule has 1 aliphatic heterocycles. The number of hydrogen-bond acceptors (Lipinski definition) is 3. The molecule has 0 aromatic heterocycles. The van der Waals surface area contributed by atoms with Crippen molar-refractivity contribution in [3.63, 3.8) is 0 Å². The summed E-state index contributed by atoms with van der Waals surface area (Å²) in [5.74, 6) is 0.877. The molecule has 0 fully saturated rings. The molecule has 0 amide bonds. The van der Waals surface area contributed by atoms with Crippen molar-refractivity contribution in [1.82, 2.24) is 4.90 Å². The molecule has 3 rings (SSSR count). The summed E-state index contributed by atoms with van der Waals surface area (Å²) in [5.41, 5.74) is 10.5. The fraction of sp³-hybridized carbons (Fsp3) is 0.368. The van der Waals surface area contributed by atoms with Crippen LogP contribution in [-0.4, -0.2) is 18.2 Å². The largest absolute Gasteiger partial charge is 0.497 e. The minimum atomic E-state index is -0.131. The topological polar surface area (TPSA) is 38.5 Å². The smallest absolute Gasteiger partial charge is 0.118 e. The van der Waals surface area contributed by atoms with Gasteiger partial charge in [0, 0.05) is 18.5 Å². The lowest BCUT2D eigenvalue weighted by atomic mass is 9.81. The van der Waals surface area contributed by atoms with Crippen molar-refractivity contribution in [2.75, 3.05) is 7.11 Å². The van der Waals surface area contributed by atoms with Gasteiger partial charge >= 0.3 is 0 Å². The molecule has 3 nitrogen and oxygen atoms in total. The summed E-state index contributed by atoms with van der Waals surface area (Å²) >= 11 is 0. The summed E-state index contributed by atoms with van der Waals surface area (Å²) in [6.07, 6.45) is -0.0340. The van der Waals surface area contributed by atoms with Gasteiger partial charge < -0.3 is 10.5 Å². The maximum absolute atomic E-state index is 6.63. The standard InChI is InChI=1S/C19H24N2O/c1-19(2,16-8-10-17(22-3)11-9-16)18(20)21-12-14-6-4-5-7-15(14)13-21/h4-11,18H,12-13,20H2,1-3H3. The van der Waals surface area contributed by atoms with Crippen LogP contribution in [0.4, 0.5) is 0 Å². The SMILES string of the molecule is COc1ccc(C(C)(C)C(N)N2Cc3ccccc3C2)cc1. The lowest BCUT2D eigenvalue weighted by Crippen LogP contribution is -2.51. The van der Waals surface area contributed by atoms with Crippen LogP contribution < -0.4 is 10.5 Å². The Hall–Kier alpha value is -1.84. The zero-order valence-corrected chi connectivity index (χ0v) is 13.5. The van der Waals surface area contributed by atoms with Gasteiger partial charge in [-0.3, -0.25) is 4.90 Å². The lowest BCUT2D eigenvalue weighted by molar-refractivity contribution is 0.136. The predicted octanol–water partition coefficient (Wildman–Crippen LogP) is 3.27. The Morgan fingerprint density at radius 2 is 1.55 bits per heavy atom. The van der Waals surface area contributed by atoms with Crippen LogP contribution in [0.25, 0.3) is 0 Å². The van der Waals surface area contributed by atoms with Gasteiger partial charge in [0.15, 0.2) is 0 Å². The first-order valence-electron chi connectivity index (χ1n) is 7.73. The fourth-order valence-corrected chi connectivity index (χ4v) is 3.20. The number of nitrogens with two attached hydrogens (primary N) is 1. The van der Waals surface area contributed by atoms with Crippen molar-refractivity contribution in [2.45, 2.75) is 38.5 Å². The van der Waals surface area contributed by atoms with E-state index in [0.717, 1.165) is 18.8 Å². The van der Waals surface area contributed by atoms with Gasteiger partial charge in [-0.1, -0.05) is 50.2 Å². The first-order chi connectivity index (χ1) is 10.5. The lowest BCUT2D eigenvalue weighted by Gasteiger charge is -2.38. The third-order valence-electron chi connectivity index (χ3n) is 4.83. The number of methoxy groups -OCH3 is 1. The summed E-state index contributed by atoms with van der Waals surface area (Å²) in [5, 5.41) is 0. The molecule has 116 valence electrons. The van der Waals surface area contributed by atoms with Crippen LogP contribution in [0.5, 0.6) is 5.75 Å². The number of benzene rings is 2. The fourth-order valence-electron chi connectivity index (χ4n) is 3.20. The van der Waals surface area contributed by atoms with E-state index in [2.05, 4.69) is 55.1 Å². The predicted molar refractivity (Wildman–Crippen MR) is 89.7 cm³/mol. The second-order valence-corrected chi connectivity index (χ2v) is 6.57. The molecule has 0 saturated carbocycles. The van der Waals surface area contributed by atoms with Gasteiger partial charge in [0.05, 0.1) is 13.3 Å². The first-order valence-corrected chi connectivity index (χ1v) is 7.73. The number of ether oxygens (including phenoxy) is 1. The maximum Gasteiger partial charge on any atom is 0.118 e. The van der Waals surface area contributed by atoms with E-state index in [1.165, 1.54) is 16.7 Å². The molecule has 0 bridgehead atoms. The molecule has 1 atom stereocenters. The van der Waals surface area contributed by atoms with Gasteiger partial charge in [-0.25, -0.2) is 0 Å². The Morgan fingerprint density at radius 3 is 2.05 bits per heavy atom. The van der Waals surface area contributed by atoms with Crippen LogP contribution in [0.2, 0.25) is 0 Å². The van der Waals surface area contributed by atoms with Gasteiger partial charge in [0.25, 0.3) is 0 Å². The quantitative estimate of drug-likeness (QED) is 0.941. The van der Waals surface area contributed by atoms with E-state index in [-0.39, 0.29) is 11.6 Å². The van der Waals surface area contributed by atoms with E-state index in [1.54, 1.807) is 7.11 Å². The Morgan fingerprint density at radius 1 is 1.00 bits per heavy atom. The first kappa shape index (κ1) is 15.1. The summed E-state index contributed by atoms with van der Waals surface area (Å²) in [4.78, 5) is 2.36. The molecule has 2 aromatic carbocycles. The monoisotopic (exact) mass is 296 g/mol. The second-order valence-electron chi connectivity index (χ2n) is 6.57. The minimum Gasteiger partial charge on any atom is -0.497 e. The minimum absolute atomic E-state index is 0.0340. The Bertz CT molecular complexity index is 624. The van der Waals surface area contributed by atoms with Crippen LogP contribution in [0.3, 0.4) is 0 Å². The second kappa shape index (κ2) is 5.75. The highest BCUT2D eigenvalue weighted by atomic mass is 16.5. The normalized spacial score (nSPS) is 16.4. The van der Waals surface area contributed by atoms with Gasteiger partial charge in [-0.15, -0.1) is 0 Å². The van der Waals surface area contributed by atoms with Crippen LogP contribution in [0.1, 0.15) is 30.5 Å². The zero-order chi connectivity index (χ0) is 15.7. The highest BCUT2D eigenvalue weighted by Crippen LogP contribution is 2.33. The molecule has 1 aliphatic rings. The molecule has 1 unspecified atom stereocenters. The van der Waals surface area contributed by atoms with Crippen molar-refractivity contribution in [3.05, 3.63) is 65.2 Å².